The van der Waals surface area contributed by atoms with E-state index >= 15 is 0 Å². The second kappa shape index (κ2) is 9.96. The van der Waals surface area contributed by atoms with E-state index in [1.165, 1.54) is 11.8 Å². The van der Waals surface area contributed by atoms with Crippen LogP contribution in [0, 0.1) is 0 Å². The molecule has 0 aromatic heterocycles. The fraction of sp³-hybridized carbons (Fsp3) is 0.471. The van der Waals surface area contributed by atoms with Gasteiger partial charge in [0.15, 0.2) is 0 Å². The molecule has 1 atom stereocenters. The molecule has 0 N–H and O–H groups in total. The fourth-order valence-corrected chi connectivity index (χ4v) is 3.19. The van der Waals surface area contributed by atoms with Crippen LogP contribution >= 0.6 is 24.4 Å². The average molecular weight is 325 g/mol. The van der Waals surface area contributed by atoms with Gasteiger partial charge in [-0.05, 0) is 37.1 Å². The monoisotopic (exact) mass is 324 g/mol. The van der Waals surface area contributed by atoms with Crippen molar-refractivity contribution < 1.29 is 9.53 Å². The third-order valence-electron chi connectivity index (χ3n) is 3.18. The number of hydrogen-bond acceptors (Lipinski definition) is 4. The maximum atomic E-state index is 12.2. The van der Waals surface area contributed by atoms with E-state index in [1.807, 2.05) is 37.3 Å². The summed E-state index contributed by atoms with van der Waals surface area (Å²) >= 11 is 5.76. The van der Waals surface area contributed by atoms with Crippen molar-refractivity contribution in [1.29, 1.82) is 0 Å². The van der Waals surface area contributed by atoms with Crippen molar-refractivity contribution in [2.45, 2.75) is 38.4 Å². The molecule has 0 radical (unpaired) electrons. The molecule has 0 bridgehead atoms. The largest absolute Gasteiger partial charge is 0.497 e. The van der Waals surface area contributed by atoms with Crippen molar-refractivity contribution in [1.82, 2.24) is 0 Å². The number of benzene rings is 1. The summed E-state index contributed by atoms with van der Waals surface area (Å²) in [6, 6.07) is 7.70. The highest BCUT2D eigenvalue weighted by Gasteiger charge is 2.14. The molecule has 0 aliphatic carbocycles. The Labute approximate surface area is 137 Å². The molecule has 0 heterocycles. The van der Waals surface area contributed by atoms with Gasteiger partial charge in [-0.3, -0.25) is 4.79 Å². The van der Waals surface area contributed by atoms with Crippen molar-refractivity contribution >= 4 is 35.6 Å². The van der Waals surface area contributed by atoms with Crippen molar-refractivity contribution in [3.05, 3.63) is 35.4 Å². The molecule has 0 aliphatic heterocycles. The van der Waals surface area contributed by atoms with Gasteiger partial charge in [0.1, 0.15) is 5.75 Å². The number of ether oxygens (including phenoxy) is 1. The summed E-state index contributed by atoms with van der Waals surface area (Å²) in [4.78, 5) is 12.2. The number of unbranched alkanes of at least 4 members (excludes halogenated alkanes) is 1. The normalized spacial score (nSPS) is 13.0. The molecule has 0 saturated heterocycles. The molecule has 1 unspecified atom stereocenters. The van der Waals surface area contributed by atoms with E-state index in [9.17, 15) is 4.79 Å². The summed E-state index contributed by atoms with van der Waals surface area (Å²) in [5.41, 5.74) is 1.78. The lowest BCUT2D eigenvalue weighted by Gasteiger charge is -2.12. The van der Waals surface area contributed by atoms with Gasteiger partial charge in [0.25, 0.3) is 0 Å². The molecule has 1 rings (SSSR count). The Balaban J connectivity index is 2.64. The Kier molecular flexibility index (Phi) is 8.62. The smallest absolute Gasteiger partial charge is 0.215 e. The molecule has 0 spiro atoms. The average Bonchev–Trinajstić information content (AvgIpc) is 2.51. The van der Waals surface area contributed by atoms with Crippen LogP contribution in [0.3, 0.4) is 0 Å². The van der Waals surface area contributed by atoms with Gasteiger partial charge in [0.05, 0.1) is 7.11 Å². The molecule has 2 nitrogen and oxygen atoms in total. The molecule has 0 aliphatic rings. The van der Waals surface area contributed by atoms with Gasteiger partial charge in [0, 0.05) is 16.6 Å². The zero-order valence-electron chi connectivity index (χ0n) is 13.0. The molecule has 4 heteroatoms. The quantitative estimate of drug-likeness (QED) is 0.547. The number of carbonyl (C=O) groups excluding carboxylic acids is 1. The summed E-state index contributed by atoms with van der Waals surface area (Å²) in [5, 5.41) is 0.445. The van der Waals surface area contributed by atoms with Crippen LogP contribution < -0.4 is 4.74 Å². The molecule has 0 fully saturated rings. The third kappa shape index (κ3) is 6.62. The summed E-state index contributed by atoms with van der Waals surface area (Å²) in [6.07, 6.45) is 5.27. The van der Waals surface area contributed by atoms with Crippen LogP contribution in [0.5, 0.6) is 5.75 Å². The van der Waals surface area contributed by atoms with Gasteiger partial charge in [-0.2, -0.15) is 12.6 Å². The van der Waals surface area contributed by atoms with E-state index in [1.54, 1.807) is 7.11 Å². The fourth-order valence-electron chi connectivity index (χ4n) is 1.87. The molecule has 0 saturated carbocycles. The maximum Gasteiger partial charge on any atom is 0.215 e. The van der Waals surface area contributed by atoms with Gasteiger partial charge in [-0.1, -0.05) is 43.7 Å². The summed E-state index contributed by atoms with van der Waals surface area (Å²) in [5.74, 6) is 1.56. The Morgan fingerprint density at radius 2 is 2.05 bits per heavy atom. The second-order valence-corrected chi connectivity index (χ2v) is 6.59. The molecular weight excluding hydrogens is 300 g/mol. The van der Waals surface area contributed by atoms with E-state index in [0.717, 1.165) is 41.9 Å². The first-order chi connectivity index (χ1) is 10.1. The standard InChI is InChI=1S/C17H24O2S2/c1-4-5-6-16(12-20)21-17(18)13(2)11-14-7-9-15(19-3)10-8-14/h7-11,16,20H,4-6,12H2,1-3H3/b13-11+. The highest BCUT2D eigenvalue weighted by molar-refractivity contribution is 8.15. The lowest BCUT2D eigenvalue weighted by Crippen LogP contribution is -2.09. The molecular formula is C17H24O2S2. The van der Waals surface area contributed by atoms with E-state index in [2.05, 4.69) is 19.6 Å². The highest BCUT2D eigenvalue weighted by atomic mass is 32.2. The lowest BCUT2D eigenvalue weighted by atomic mass is 10.1. The Hall–Kier alpha value is -0.870. The number of thioether (sulfide) groups is 1. The van der Waals surface area contributed by atoms with E-state index in [4.69, 9.17) is 4.74 Å². The topological polar surface area (TPSA) is 26.3 Å². The first-order valence-corrected chi connectivity index (χ1v) is 8.76. The van der Waals surface area contributed by atoms with Crippen molar-refractivity contribution in [3.63, 3.8) is 0 Å². The minimum Gasteiger partial charge on any atom is -0.497 e. The Bertz CT molecular complexity index is 466. The van der Waals surface area contributed by atoms with Crippen LogP contribution in [0.1, 0.15) is 38.7 Å². The van der Waals surface area contributed by atoms with Crippen molar-refractivity contribution in [2.24, 2.45) is 0 Å². The van der Waals surface area contributed by atoms with Crippen LogP contribution in [0.15, 0.2) is 29.8 Å². The van der Waals surface area contributed by atoms with Gasteiger partial charge < -0.3 is 4.74 Å². The van der Waals surface area contributed by atoms with Crippen LogP contribution in [0.25, 0.3) is 6.08 Å². The predicted octanol–water partition coefficient (Wildman–Crippen LogP) is 4.85. The third-order valence-corrected chi connectivity index (χ3v) is 5.14. The van der Waals surface area contributed by atoms with Crippen LogP contribution in [0.4, 0.5) is 0 Å². The second-order valence-electron chi connectivity index (χ2n) is 4.95. The van der Waals surface area contributed by atoms with Crippen LogP contribution in [0.2, 0.25) is 0 Å². The van der Waals surface area contributed by atoms with Crippen LogP contribution in [-0.2, 0) is 4.79 Å². The van der Waals surface area contributed by atoms with E-state index in [-0.39, 0.29) is 5.12 Å². The number of hydrogen-bond donors (Lipinski definition) is 1. The Morgan fingerprint density at radius 3 is 2.57 bits per heavy atom. The summed E-state index contributed by atoms with van der Waals surface area (Å²) < 4.78 is 5.13. The maximum absolute atomic E-state index is 12.2. The molecule has 116 valence electrons. The first kappa shape index (κ1) is 18.2. The molecule has 0 amide bonds. The van der Waals surface area contributed by atoms with Crippen LogP contribution in [-0.4, -0.2) is 23.2 Å². The summed E-state index contributed by atoms with van der Waals surface area (Å²) in [6.45, 7) is 4.03. The lowest BCUT2D eigenvalue weighted by molar-refractivity contribution is -0.107. The number of methoxy groups -OCH3 is 1. The van der Waals surface area contributed by atoms with Gasteiger partial charge in [-0.15, -0.1) is 0 Å². The molecule has 1 aromatic carbocycles. The number of rotatable bonds is 8. The van der Waals surface area contributed by atoms with Gasteiger partial charge in [0.2, 0.25) is 5.12 Å². The highest BCUT2D eigenvalue weighted by Crippen LogP contribution is 2.24. The van der Waals surface area contributed by atoms with Gasteiger partial charge in [-0.25, -0.2) is 0 Å². The van der Waals surface area contributed by atoms with Crippen molar-refractivity contribution in [2.75, 3.05) is 12.9 Å². The number of thiol groups is 1. The minimum absolute atomic E-state index is 0.140. The SMILES string of the molecule is CCCCC(CS)SC(=O)/C(C)=C/c1ccc(OC)cc1. The van der Waals surface area contributed by atoms with E-state index in [0.29, 0.717) is 5.25 Å². The number of carbonyl (C=O) groups is 1. The first-order valence-electron chi connectivity index (χ1n) is 7.24. The van der Waals surface area contributed by atoms with Gasteiger partial charge >= 0.3 is 0 Å². The molecule has 21 heavy (non-hydrogen) atoms. The van der Waals surface area contributed by atoms with E-state index < -0.39 is 0 Å². The zero-order chi connectivity index (χ0) is 15.7. The zero-order valence-corrected chi connectivity index (χ0v) is 14.7. The van der Waals surface area contributed by atoms with Crippen molar-refractivity contribution in [3.8, 4) is 5.75 Å². The molecule has 1 aromatic rings. The summed E-state index contributed by atoms with van der Waals surface area (Å²) in [7, 11) is 1.64. The minimum atomic E-state index is 0.140. The Morgan fingerprint density at radius 1 is 1.38 bits per heavy atom. The predicted molar refractivity (Wildman–Crippen MR) is 96.4 cm³/mol.